The Kier molecular flexibility index (Phi) is 5.92. The third-order valence-electron chi connectivity index (χ3n) is 1.25. The molecule has 0 aromatic carbocycles. The van der Waals surface area contributed by atoms with E-state index in [0.717, 1.165) is 12.1 Å². The van der Waals surface area contributed by atoms with E-state index in [-0.39, 0.29) is 0 Å². The summed E-state index contributed by atoms with van der Waals surface area (Å²) in [6.45, 7) is 1.61. The van der Waals surface area contributed by atoms with Crippen molar-refractivity contribution in [2.75, 3.05) is 12.4 Å². The lowest BCUT2D eigenvalue weighted by Gasteiger charge is -2.06. The van der Waals surface area contributed by atoms with E-state index < -0.39 is 12.0 Å². The van der Waals surface area contributed by atoms with Crippen molar-refractivity contribution in [2.45, 2.75) is 13.0 Å². The van der Waals surface area contributed by atoms with Crippen LogP contribution in [0.25, 0.3) is 0 Å². The average molecular weight is 203 g/mol. The molecule has 0 bridgehead atoms. The lowest BCUT2D eigenvalue weighted by Crippen LogP contribution is -2.24. The highest BCUT2D eigenvalue weighted by Gasteiger charge is 2.09. The number of carbonyl (C=O) groups is 1. The molecule has 0 saturated heterocycles. The number of hydrogen-bond acceptors (Lipinski definition) is 4. The number of aliphatic hydroxyl groups excluding tert-OH is 1. The summed E-state index contributed by atoms with van der Waals surface area (Å²) in [7, 11) is 1.00. The molecule has 1 unspecified atom stereocenters. The summed E-state index contributed by atoms with van der Waals surface area (Å²) >= 11 is 1.49. The summed E-state index contributed by atoms with van der Waals surface area (Å²) < 4.78 is 0. The van der Waals surface area contributed by atoms with Gasteiger partial charge in [0, 0.05) is 7.11 Å². The van der Waals surface area contributed by atoms with Crippen LogP contribution in [0.4, 0.5) is 5.00 Å². The molecule has 4 nitrogen and oxygen atoms in total. The molecular formula is C8H13NO3S. The monoisotopic (exact) mass is 203 g/mol. The predicted molar refractivity (Wildman–Crippen MR) is 53.2 cm³/mol. The number of anilines is 1. The minimum Gasteiger partial charge on any atom is -0.480 e. The van der Waals surface area contributed by atoms with Crippen molar-refractivity contribution in [1.29, 1.82) is 0 Å². The average Bonchev–Trinajstić information content (AvgIpc) is 2.60. The fourth-order valence-electron chi connectivity index (χ4n) is 0.636. The van der Waals surface area contributed by atoms with Crippen LogP contribution in [0.15, 0.2) is 17.5 Å². The van der Waals surface area contributed by atoms with E-state index in [1.807, 2.05) is 17.5 Å². The first kappa shape index (κ1) is 11.9. The molecule has 3 N–H and O–H groups in total. The SMILES string of the molecule is CC(Nc1cccs1)C(=O)O.CO. The highest BCUT2D eigenvalue weighted by atomic mass is 32.1. The summed E-state index contributed by atoms with van der Waals surface area (Å²) in [6.07, 6.45) is 0. The van der Waals surface area contributed by atoms with E-state index in [0.29, 0.717) is 0 Å². The number of aliphatic hydroxyl groups is 1. The van der Waals surface area contributed by atoms with Gasteiger partial charge in [0.25, 0.3) is 0 Å². The van der Waals surface area contributed by atoms with Gasteiger partial charge in [0.1, 0.15) is 6.04 Å². The highest BCUT2D eigenvalue weighted by molar-refractivity contribution is 7.14. The smallest absolute Gasteiger partial charge is 0.325 e. The number of rotatable bonds is 3. The first-order valence-corrected chi connectivity index (χ1v) is 4.55. The molecule has 0 fully saturated rings. The van der Waals surface area contributed by atoms with E-state index in [4.69, 9.17) is 10.2 Å². The van der Waals surface area contributed by atoms with Gasteiger partial charge >= 0.3 is 5.97 Å². The number of carboxylic acid groups (broad SMARTS) is 1. The van der Waals surface area contributed by atoms with E-state index in [1.54, 1.807) is 6.92 Å². The summed E-state index contributed by atoms with van der Waals surface area (Å²) in [5.74, 6) is -0.835. The number of hydrogen-bond donors (Lipinski definition) is 3. The fraction of sp³-hybridized carbons (Fsp3) is 0.375. The zero-order valence-corrected chi connectivity index (χ0v) is 8.34. The van der Waals surface area contributed by atoms with Gasteiger partial charge in [-0.15, -0.1) is 11.3 Å². The van der Waals surface area contributed by atoms with Crippen molar-refractivity contribution >= 4 is 22.3 Å². The minimum atomic E-state index is -0.835. The molecule has 1 rings (SSSR count). The lowest BCUT2D eigenvalue weighted by atomic mass is 10.3. The van der Waals surface area contributed by atoms with Crippen LogP contribution in [0, 0.1) is 0 Å². The van der Waals surface area contributed by atoms with Gasteiger partial charge in [0.05, 0.1) is 5.00 Å². The van der Waals surface area contributed by atoms with Crippen LogP contribution in [0.3, 0.4) is 0 Å². The van der Waals surface area contributed by atoms with E-state index in [2.05, 4.69) is 5.32 Å². The summed E-state index contributed by atoms with van der Waals surface area (Å²) in [5, 5.41) is 21.2. The van der Waals surface area contributed by atoms with Gasteiger partial charge in [-0.1, -0.05) is 0 Å². The molecule has 0 radical (unpaired) electrons. The Morgan fingerprint density at radius 3 is 2.62 bits per heavy atom. The molecule has 0 aliphatic heterocycles. The van der Waals surface area contributed by atoms with Gasteiger partial charge in [0.2, 0.25) is 0 Å². The molecule has 1 aromatic heterocycles. The van der Waals surface area contributed by atoms with Crippen molar-refractivity contribution in [3.05, 3.63) is 17.5 Å². The second-order valence-electron chi connectivity index (χ2n) is 2.18. The third kappa shape index (κ3) is 4.49. The Hall–Kier alpha value is -1.07. The molecule has 1 atom stereocenters. The molecule has 0 saturated carbocycles. The maximum Gasteiger partial charge on any atom is 0.325 e. The topological polar surface area (TPSA) is 69.6 Å². The molecule has 5 heteroatoms. The standard InChI is InChI=1S/C7H9NO2S.CH4O/c1-5(7(9)10)8-6-3-2-4-11-6;1-2/h2-5,8H,1H3,(H,9,10);2H,1H3. The quantitative estimate of drug-likeness (QED) is 0.691. The van der Waals surface area contributed by atoms with Crippen LogP contribution < -0.4 is 5.32 Å². The Balaban J connectivity index is 0.000000671. The Morgan fingerprint density at radius 1 is 1.62 bits per heavy atom. The van der Waals surface area contributed by atoms with Crippen LogP contribution in [0.5, 0.6) is 0 Å². The largest absolute Gasteiger partial charge is 0.480 e. The van der Waals surface area contributed by atoms with Gasteiger partial charge in [0.15, 0.2) is 0 Å². The van der Waals surface area contributed by atoms with Crippen molar-refractivity contribution < 1.29 is 15.0 Å². The van der Waals surface area contributed by atoms with E-state index >= 15 is 0 Å². The van der Waals surface area contributed by atoms with Gasteiger partial charge in [-0.25, -0.2) is 0 Å². The van der Waals surface area contributed by atoms with Gasteiger partial charge in [-0.3, -0.25) is 4.79 Å². The summed E-state index contributed by atoms with van der Waals surface area (Å²) in [5.41, 5.74) is 0. The molecular weight excluding hydrogens is 190 g/mol. The predicted octanol–water partition coefficient (Wildman–Crippen LogP) is 1.24. The van der Waals surface area contributed by atoms with Crippen molar-refractivity contribution in [3.63, 3.8) is 0 Å². The maximum absolute atomic E-state index is 10.4. The second kappa shape index (κ2) is 6.45. The molecule has 0 aliphatic rings. The second-order valence-corrected chi connectivity index (χ2v) is 3.13. The Morgan fingerprint density at radius 2 is 2.23 bits per heavy atom. The molecule has 0 aliphatic carbocycles. The van der Waals surface area contributed by atoms with Crippen molar-refractivity contribution in [2.24, 2.45) is 0 Å². The number of nitrogens with one attached hydrogen (secondary N) is 1. The van der Waals surface area contributed by atoms with Gasteiger partial charge in [-0.05, 0) is 24.4 Å². The maximum atomic E-state index is 10.4. The fourth-order valence-corrected chi connectivity index (χ4v) is 1.34. The van der Waals surface area contributed by atoms with Crippen LogP contribution in [0.2, 0.25) is 0 Å². The molecule has 13 heavy (non-hydrogen) atoms. The third-order valence-corrected chi connectivity index (χ3v) is 2.05. The Labute approximate surface area is 80.8 Å². The molecule has 1 aromatic rings. The van der Waals surface area contributed by atoms with Gasteiger partial charge in [-0.2, -0.15) is 0 Å². The molecule has 0 spiro atoms. The zero-order chi connectivity index (χ0) is 10.3. The molecule has 1 heterocycles. The molecule has 74 valence electrons. The first-order chi connectivity index (χ1) is 6.20. The molecule has 0 amide bonds. The van der Waals surface area contributed by atoms with Crippen LogP contribution in [-0.2, 0) is 4.79 Å². The van der Waals surface area contributed by atoms with E-state index in [1.165, 1.54) is 11.3 Å². The normalized spacial score (nSPS) is 11.0. The lowest BCUT2D eigenvalue weighted by molar-refractivity contribution is -0.137. The summed E-state index contributed by atoms with van der Waals surface area (Å²) in [6, 6.07) is 3.21. The number of aliphatic carboxylic acids is 1. The first-order valence-electron chi connectivity index (χ1n) is 3.67. The van der Waals surface area contributed by atoms with E-state index in [9.17, 15) is 4.79 Å². The zero-order valence-electron chi connectivity index (χ0n) is 7.52. The number of carboxylic acids is 1. The van der Waals surface area contributed by atoms with Gasteiger partial charge < -0.3 is 15.5 Å². The van der Waals surface area contributed by atoms with Crippen LogP contribution >= 0.6 is 11.3 Å². The van der Waals surface area contributed by atoms with Crippen molar-refractivity contribution in [1.82, 2.24) is 0 Å². The Bertz CT molecular complexity index is 236. The highest BCUT2D eigenvalue weighted by Crippen LogP contribution is 2.15. The van der Waals surface area contributed by atoms with Crippen LogP contribution in [-0.4, -0.2) is 29.3 Å². The van der Waals surface area contributed by atoms with Crippen molar-refractivity contribution in [3.8, 4) is 0 Å². The minimum absolute atomic E-state index is 0.520. The van der Waals surface area contributed by atoms with Crippen LogP contribution in [0.1, 0.15) is 6.92 Å². The number of thiophene rings is 1. The summed E-state index contributed by atoms with van der Waals surface area (Å²) in [4.78, 5) is 10.4.